The van der Waals surface area contributed by atoms with Gasteiger partial charge in [0.1, 0.15) is 13.2 Å². The van der Waals surface area contributed by atoms with Gasteiger partial charge in [-0.15, -0.1) is 0 Å². The Morgan fingerprint density at radius 3 is 1.08 bits per heavy atom. The van der Waals surface area contributed by atoms with Crippen molar-refractivity contribution in [2.45, 2.75) is 0 Å². The van der Waals surface area contributed by atoms with Gasteiger partial charge in [0, 0.05) is 0 Å². The van der Waals surface area contributed by atoms with Crippen LogP contribution in [0.15, 0.2) is 0 Å². The van der Waals surface area contributed by atoms with Crippen molar-refractivity contribution in [3.05, 3.63) is 0 Å². The van der Waals surface area contributed by atoms with Gasteiger partial charge in [0.15, 0.2) is 0 Å². The minimum Gasteiger partial charge on any atom is -0.377 e. The van der Waals surface area contributed by atoms with Crippen molar-refractivity contribution < 1.29 is 24.0 Å². The second-order valence-electron chi connectivity index (χ2n) is 2.48. The lowest BCUT2D eigenvalue weighted by atomic mass is 10.7. The molecule has 5 heteroatoms. The predicted molar refractivity (Wildman–Crippen MR) is 44.4 cm³/mol. The van der Waals surface area contributed by atoms with Gasteiger partial charge in [-0.1, -0.05) is 0 Å². The second-order valence-corrected chi connectivity index (χ2v) is 2.48. The highest BCUT2D eigenvalue weighted by molar-refractivity contribution is 4.34. The maximum Gasteiger partial charge on any atom is 0.106 e. The molecule has 1 fully saturated rings. The zero-order valence-electron chi connectivity index (χ0n) is 7.70. The minimum atomic E-state index is 0.444. The van der Waals surface area contributed by atoms with Gasteiger partial charge >= 0.3 is 0 Å². The van der Waals surface area contributed by atoms with Crippen molar-refractivity contribution in [1.82, 2.24) is 0 Å². The van der Waals surface area contributed by atoms with Crippen LogP contribution < -0.4 is 0 Å². The van der Waals surface area contributed by atoms with Crippen LogP contribution >= 0.6 is 0 Å². The van der Waals surface area contributed by atoms with Crippen LogP contribution in [0.2, 0.25) is 0 Å². The number of rotatable bonds is 0. The molecule has 0 aromatic carbocycles. The van der Waals surface area contributed by atoms with Crippen molar-refractivity contribution in [3.63, 3.8) is 0 Å². The second kappa shape index (κ2) is 8.40. The molecule has 0 unspecified atom stereocenters. The molecule has 1 rings (SSSR count). The van der Waals surface area contributed by atoms with E-state index in [9.17, 15) is 0 Å². The molecule has 0 N–H and O–H groups in total. The van der Waals surface area contributed by atoms with E-state index in [0.717, 1.165) is 0 Å². The average molecular weight is 192 g/mol. The first kappa shape index (κ1) is 10.9. The van der Waals surface area contributed by atoms with E-state index in [1.165, 1.54) is 0 Å². The van der Waals surface area contributed by atoms with Crippen molar-refractivity contribution in [2.75, 3.05) is 52.9 Å². The van der Waals surface area contributed by atoms with Crippen molar-refractivity contribution in [1.29, 1.82) is 0 Å². The Labute approximate surface area is 77.8 Å². The van der Waals surface area contributed by atoms with Gasteiger partial charge < -0.3 is 14.2 Å². The van der Waals surface area contributed by atoms with E-state index < -0.39 is 0 Å². The summed E-state index contributed by atoms with van der Waals surface area (Å²) in [6.45, 7) is 4.33. The van der Waals surface area contributed by atoms with Gasteiger partial charge in [0.05, 0.1) is 39.6 Å². The smallest absolute Gasteiger partial charge is 0.106 e. The first-order valence-corrected chi connectivity index (χ1v) is 4.48. The SMILES string of the molecule is C1COCCOOCCOCCO1. The lowest BCUT2D eigenvalue weighted by molar-refractivity contribution is -0.303. The van der Waals surface area contributed by atoms with E-state index >= 15 is 0 Å². The molecule has 1 aliphatic heterocycles. The van der Waals surface area contributed by atoms with Gasteiger partial charge in [0.2, 0.25) is 0 Å². The number of hydrogen-bond donors (Lipinski definition) is 0. The van der Waals surface area contributed by atoms with E-state index in [4.69, 9.17) is 24.0 Å². The molecule has 78 valence electrons. The Balaban J connectivity index is 2.01. The highest BCUT2D eigenvalue weighted by Crippen LogP contribution is 1.86. The fourth-order valence-corrected chi connectivity index (χ4v) is 0.846. The molecule has 0 aromatic rings. The van der Waals surface area contributed by atoms with Crippen LogP contribution in [0.5, 0.6) is 0 Å². The Bertz CT molecular complexity index is 60.6. The van der Waals surface area contributed by atoms with E-state index in [1.54, 1.807) is 0 Å². The Morgan fingerprint density at radius 2 is 0.692 bits per heavy atom. The van der Waals surface area contributed by atoms with Crippen LogP contribution in [0.4, 0.5) is 0 Å². The molecular formula is C8H16O5. The first-order chi connectivity index (χ1) is 6.50. The summed E-state index contributed by atoms with van der Waals surface area (Å²) in [6.07, 6.45) is 0. The van der Waals surface area contributed by atoms with E-state index in [1.807, 2.05) is 0 Å². The predicted octanol–water partition coefficient (Wildman–Crippen LogP) is -0.00200. The molecule has 0 aromatic heterocycles. The summed E-state index contributed by atoms with van der Waals surface area (Å²) in [5, 5.41) is 0. The lowest BCUT2D eigenvalue weighted by Crippen LogP contribution is -2.10. The first-order valence-electron chi connectivity index (χ1n) is 4.48. The monoisotopic (exact) mass is 192 g/mol. The molecule has 1 aliphatic rings. The fraction of sp³-hybridized carbons (Fsp3) is 1.00. The average Bonchev–Trinajstić information content (AvgIpc) is 2.18. The highest BCUT2D eigenvalue weighted by Gasteiger charge is 1.95. The highest BCUT2D eigenvalue weighted by atomic mass is 17.2. The number of ether oxygens (including phenoxy) is 3. The van der Waals surface area contributed by atoms with Crippen LogP contribution in [0.25, 0.3) is 0 Å². The van der Waals surface area contributed by atoms with Crippen LogP contribution in [0, 0.1) is 0 Å². The normalized spacial score (nSPS) is 24.0. The van der Waals surface area contributed by atoms with Crippen LogP contribution in [-0.2, 0) is 24.0 Å². The molecule has 5 nitrogen and oxygen atoms in total. The lowest BCUT2D eigenvalue weighted by Gasteiger charge is -2.03. The Morgan fingerprint density at radius 1 is 0.385 bits per heavy atom. The molecule has 1 heterocycles. The molecule has 13 heavy (non-hydrogen) atoms. The van der Waals surface area contributed by atoms with Gasteiger partial charge in [-0.05, 0) is 0 Å². The van der Waals surface area contributed by atoms with Crippen LogP contribution in [-0.4, -0.2) is 52.9 Å². The third kappa shape index (κ3) is 6.92. The van der Waals surface area contributed by atoms with Gasteiger partial charge in [-0.2, -0.15) is 0 Å². The standard InChI is InChI=1S/C8H16O5/c1-3-10-5-7-12-13-8-6-11-4-2-9-1/h1-8H2. The summed E-state index contributed by atoms with van der Waals surface area (Å²) in [5.74, 6) is 0. The molecule has 0 bridgehead atoms. The molecule has 0 amide bonds. The molecule has 0 saturated carbocycles. The largest absolute Gasteiger partial charge is 0.377 e. The molecule has 1 saturated heterocycles. The van der Waals surface area contributed by atoms with Crippen molar-refractivity contribution in [3.8, 4) is 0 Å². The van der Waals surface area contributed by atoms with Gasteiger partial charge in [0.25, 0.3) is 0 Å². The Kier molecular flexibility index (Phi) is 7.03. The van der Waals surface area contributed by atoms with Crippen molar-refractivity contribution >= 4 is 0 Å². The van der Waals surface area contributed by atoms with E-state index in [-0.39, 0.29) is 0 Å². The third-order valence-corrected chi connectivity index (χ3v) is 1.45. The van der Waals surface area contributed by atoms with Gasteiger partial charge in [-0.3, -0.25) is 0 Å². The molecule has 0 aliphatic carbocycles. The van der Waals surface area contributed by atoms with Gasteiger partial charge in [-0.25, -0.2) is 9.78 Å². The maximum absolute atomic E-state index is 5.22. The zero-order chi connectivity index (χ0) is 9.19. The summed E-state index contributed by atoms with van der Waals surface area (Å²) in [5.41, 5.74) is 0. The summed E-state index contributed by atoms with van der Waals surface area (Å²) in [6, 6.07) is 0. The summed E-state index contributed by atoms with van der Waals surface area (Å²) in [7, 11) is 0. The molecule has 0 spiro atoms. The Hall–Kier alpha value is -0.200. The van der Waals surface area contributed by atoms with Crippen LogP contribution in [0.3, 0.4) is 0 Å². The van der Waals surface area contributed by atoms with Crippen LogP contribution in [0.1, 0.15) is 0 Å². The molecular weight excluding hydrogens is 176 g/mol. The zero-order valence-corrected chi connectivity index (χ0v) is 7.70. The summed E-state index contributed by atoms with van der Waals surface area (Å²) < 4.78 is 15.6. The molecule has 0 atom stereocenters. The van der Waals surface area contributed by atoms with E-state index in [0.29, 0.717) is 52.9 Å². The maximum atomic E-state index is 5.22. The third-order valence-electron chi connectivity index (χ3n) is 1.45. The molecule has 0 radical (unpaired) electrons. The quantitative estimate of drug-likeness (QED) is 0.505. The minimum absolute atomic E-state index is 0.444. The van der Waals surface area contributed by atoms with Crippen molar-refractivity contribution in [2.24, 2.45) is 0 Å². The topological polar surface area (TPSA) is 46.2 Å². The summed E-state index contributed by atoms with van der Waals surface area (Å²) in [4.78, 5) is 9.60. The summed E-state index contributed by atoms with van der Waals surface area (Å²) >= 11 is 0. The van der Waals surface area contributed by atoms with E-state index in [2.05, 4.69) is 0 Å². The fourth-order valence-electron chi connectivity index (χ4n) is 0.846. The number of hydrogen-bond acceptors (Lipinski definition) is 5.